The van der Waals surface area contributed by atoms with Crippen LogP contribution >= 0.6 is 15.9 Å². The van der Waals surface area contributed by atoms with Gasteiger partial charge >= 0.3 is 0 Å². The Bertz CT molecular complexity index is 394. The Morgan fingerprint density at radius 1 is 1.44 bits per heavy atom. The lowest BCUT2D eigenvalue weighted by molar-refractivity contribution is 0.177. The molecule has 0 bridgehead atoms. The number of rotatable bonds is 4. The van der Waals surface area contributed by atoms with Gasteiger partial charge in [-0.2, -0.15) is 0 Å². The van der Waals surface area contributed by atoms with E-state index in [4.69, 9.17) is 4.74 Å². The molecule has 18 heavy (non-hydrogen) atoms. The number of halogens is 1. The van der Waals surface area contributed by atoms with E-state index in [1.165, 1.54) is 37.1 Å². The van der Waals surface area contributed by atoms with Gasteiger partial charge in [-0.3, -0.25) is 4.90 Å². The van der Waals surface area contributed by atoms with Crippen molar-refractivity contribution in [3.8, 4) is 5.75 Å². The van der Waals surface area contributed by atoms with Gasteiger partial charge < -0.3 is 4.74 Å². The fraction of sp³-hybridized carbons (Fsp3) is 0.600. The van der Waals surface area contributed by atoms with Gasteiger partial charge in [0.15, 0.2) is 0 Å². The molecule has 0 aliphatic carbocycles. The summed E-state index contributed by atoms with van der Waals surface area (Å²) >= 11 is 3.61. The fourth-order valence-electron chi connectivity index (χ4n) is 2.69. The van der Waals surface area contributed by atoms with Crippen molar-refractivity contribution in [2.75, 3.05) is 25.5 Å². The van der Waals surface area contributed by atoms with Gasteiger partial charge in [0.1, 0.15) is 5.75 Å². The molecule has 1 aromatic carbocycles. The van der Waals surface area contributed by atoms with Crippen LogP contribution in [0.1, 0.15) is 24.0 Å². The molecule has 100 valence electrons. The standard InChI is InChI=1S/C15H22BrNO/c1-12-5-6-15(18-2)14(8-12)11-17-7-3-4-13(9-16)10-17/h5-6,8,13H,3-4,7,9-11H2,1-2H3. The first-order valence-electron chi connectivity index (χ1n) is 6.64. The van der Waals surface area contributed by atoms with Gasteiger partial charge in [-0.05, 0) is 38.3 Å². The number of likely N-dealkylation sites (tertiary alicyclic amines) is 1. The molecule has 0 spiro atoms. The number of piperidine rings is 1. The molecule has 1 saturated heterocycles. The molecule has 1 aliphatic heterocycles. The molecular formula is C15H22BrNO. The highest BCUT2D eigenvalue weighted by molar-refractivity contribution is 9.09. The number of aryl methyl sites for hydroxylation is 1. The van der Waals surface area contributed by atoms with E-state index >= 15 is 0 Å². The monoisotopic (exact) mass is 311 g/mol. The Hall–Kier alpha value is -0.540. The molecule has 0 radical (unpaired) electrons. The first-order valence-corrected chi connectivity index (χ1v) is 7.77. The van der Waals surface area contributed by atoms with E-state index in [9.17, 15) is 0 Å². The van der Waals surface area contributed by atoms with E-state index < -0.39 is 0 Å². The zero-order chi connectivity index (χ0) is 13.0. The maximum Gasteiger partial charge on any atom is 0.123 e. The predicted molar refractivity (Wildman–Crippen MR) is 79.5 cm³/mol. The number of ether oxygens (including phenoxy) is 1. The summed E-state index contributed by atoms with van der Waals surface area (Å²) in [4.78, 5) is 2.55. The Morgan fingerprint density at radius 2 is 2.28 bits per heavy atom. The lowest BCUT2D eigenvalue weighted by atomic mass is 9.99. The van der Waals surface area contributed by atoms with Gasteiger partial charge in [-0.25, -0.2) is 0 Å². The van der Waals surface area contributed by atoms with Crippen LogP contribution in [0.2, 0.25) is 0 Å². The third-order valence-electron chi connectivity index (χ3n) is 3.65. The number of hydrogen-bond acceptors (Lipinski definition) is 2. The first-order chi connectivity index (χ1) is 8.72. The quantitative estimate of drug-likeness (QED) is 0.788. The smallest absolute Gasteiger partial charge is 0.123 e. The third-order valence-corrected chi connectivity index (χ3v) is 4.57. The topological polar surface area (TPSA) is 12.5 Å². The Morgan fingerprint density at radius 3 is 3.00 bits per heavy atom. The summed E-state index contributed by atoms with van der Waals surface area (Å²) in [5, 5.41) is 1.12. The highest BCUT2D eigenvalue weighted by Gasteiger charge is 2.19. The van der Waals surface area contributed by atoms with Crippen LogP contribution < -0.4 is 4.74 Å². The third kappa shape index (κ3) is 3.48. The lowest BCUT2D eigenvalue weighted by Crippen LogP contribution is -2.35. The number of benzene rings is 1. The molecule has 1 aliphatic rings. The average molecular weight is 312 g/mol. The summed E-state index contributed by atoms with van der Waals surface area (Å²) in [7, 11) is 1.76. The summed E-state index contributed by atoms with van der Waals surface area (Å²) in [5.41, 5.74) is 2.62. The van der Waals surface area contributed by atoms with Crippen LogP contribution in [0.15, 0.2) is 18.2 Å². The molecule has 1 fully saturated rings. The molecule has 1 atom stereocenters. The molecule has 1 unspecified atom stereocenters. The van der Waals surface area contributed by atoms with E-state index in [0.717, 1.165) is 23.5 Å². The Kier molecular flexibility index (Phi) is 5.07. The average Bonchev–Trinajstić information content (AvgIpc) is 2.39. The SMILES string of the molecule is COc1ccc(C)cc1CN1CCCC(CBr)C1. The van der Waals surface area contributed by atoms with Crippen LogP contribution in [0.25, 0.3) is 0 Å². The Balaban J connectivity index is 2.06. The van der Waals surface area contributed by atoms with Crippen molar-refractivity contribution < 1.29 is 4.74 Å². The fourth-order valence-corrected chi connectivity index (χ4v) is 3.22. The lowest BCUT2D eigenvalue weighted by Gasteiger charge is -2.32. The summed E-state index contributed by atoms with van der Waals surface area (Å²) in [6.45, 7) is 5.55. The molecule has 0 N–H and O–H groups in total. The zero-order valence-corrected chi connectivity index (χ0v) is 12.9. The molecule has 0 aromatic heterocycles. The van der Waals surface area contributed by atoms with Crippen molar-refractivity contribution in [1.29, 1.82) is 0 Å². The van der Waals surface area contributed by atoms with E-state index in [1.807, 2.05) is 0 Å². The normalized spacial score (nSPS) is 20.9. The van der Waals surface area contributed by atoms with Crippen molar-refractivity contribution in [3.05, 3.63) is 29.3 Å². The van der Waals surface area contributed by atoms with Crippen molar-refractivity contribution in [2.45, 2.75) is 26.3 Å². The molecule has 2 nitrogen and oxygen atoms in total. The molecule has 2 rings (SSSR count). The van der Waals surface area contributed by atoms with Gasteiger partial charge in [0.2, 0.25) is 0 Å². The maximum atomic E-state index is 5.46. The van der Waals surface area contributed by atoms with Crippen LogP contribution in [0, 0.1) is 12.8 Å². The van der Waals surface area contributed by atoms with Gasteiger partial charge in [0, 0.05) is 24.0 Å². The maximum absolute atomic E-state index is 5.46. The van der Waals surface area contributed by atoms with E-state index in [-0.39, 0.29) is 0 Å². The first kappa shape index (κ1) is 13.9. The predicted octanol–water partition coefficient (Wildman–Crippen LogP) is 3.61. The van der Waals surface area contributed by atoms with Gasteiger partial charge in [0.05, 0.1) is 7.11 Å². The van der Waals surface area contributed by atoms with Crippen molar-refractivity contribution >= 4 is 15.9 Å². The largest absolute Gasteiger partial charge is 0.496 e. The number of nitrogens with zero attached hydrogens (tertiary/aromatic N) is 1. The van der Waals surface area contributed by atoms with Crippen molar-refractivity contribution in [3.63, 3.8) is 0 Å². The zero-order valence-electron chi connectivity index (χ0n) is 11.3. The van der Waals surface area contributed by atoms with Crippen LogP contribution in [-0.2, 0) is 6.54 Å². The van der Waals surface area contributed by atoms with E-state index in [2.05, 4.69) is 46.0 Å². The summed E-state index contributed by atoms with van der Waals surface area (Å²) in [5.74, 6) is 1.82. The molecule has 0 saturated carbocycles. The highest BCUT2D eigenvalue weighted by atomic mass is 79.9. The van der Waals surface area contributed by atoms with E-state index in [1.54, 1.807) is 7.11 Å². The van der Waals surface area contributed by atoms with Crippen LogP contribution in [-0.4, -0.2) is 30.4 Å². The highest BCUT2D eigenvalue weighted by Crippen LogP contribution is 2.25. The number of hydrogen-bond donors (Lipinski definition) is 0. The van der Waals surface area contributed by atoms with Crippen LogP contribution in [0.5, 0.6) is 5.75 Å². The second-order valence-electron chi connectivity index (χ2n) is 5.21. The van der Waals surface area contributed by atoms with Crippen LogP contribution in [0.3, 0.4) is 0 Å². The summed E-state index contributed by atoms with van der Waals surface area (Å²) in [6.07, 6.45) is 2.66. The minimum Gasteiger partial charge on any atom is -0.496 e. The van der Waals surface area contributed by atoms with Gasteiger partial charge in [0.25, 0.3) is 0 Å². The minimum absolute atomic E-state index is 0.801. The summed E-state index contributed by atoms with van der Waals surface area (Å²) < 4.78 is 5.46. The second-order valence-corrected chi connectivity index (χ2v) is 5.86. The Labute approximate surface area is 118 Å². The molecule has 1 heterocycles. The molecular weight excluding hydrogens is 290 g/mol. The molecule has 1 aromatic rings. The summed E-state index contributed by atoms with van der Waals surface area (Å²) in [6, 6.07) is 6.44. The van der Waals surface area contributed by atoms with Gasteiger partial charge in [-0.1, -0.05) is 33.6 Å². The van der Waals surface area contributed by atoms with Gasteiger partial charge in [-0.15, -0.1) is 0 Å². The van der Waals surface area contributed by atoms with E-state index in [0.29, 0.717) is 0 Å². The minimum atomic E-state index is 0.801. The molecule has 0 amide bonds. The van der Waals surface area contributed by atoms with Crippen molar-refractivity contribution in [2.24, 2.45) is 5.92 Å². The van der Waals surface area contributed by atoms with Crippen LogP contribution in [0.4, 0.5) is 0 Å². The second kappa shape index (κ2) is 6.58. The number of methoxy groups -OCH3 is 1. The van der Waals surface area contributed by atoms with Crippen molar-refractivity contribution in [1.82, 2.24) is 4.90 Å². The molecule has 3 heteroatoms. The number of alkyl halides is 1.